The Hall–Kier alpha value is -1.55. The lowest BCUT2D eigenvalue weighted by Gasteiger charge is -1.97. The van der Waals surface area contributed by atoms with Gasteiger partial charge in [-0.1, -0.05) is 30.3 Å². The van der Waals surface area contributed by atoms with Crippen LogP contribution in [0.15, 0.2) is 30.3 Å². The van der Waals surface area contributed by atoms with E-state index in [1.807, 2.05) is 18.2 Å². The minimum atomic E-state index is -0.0223. The van der Waals surface area contributed by atoms with Gasteiger partial charge in [0, 0.05) is 5.92 Å². The zero-order valence-corrected chi connectivity index (χ0v) is 7.94. The summed E-state index contributed by atoms with van der Waals surface area (Å²) >= 11 is 0. The van der Waals surface area contributed by atoms with E-state index in [0.717, 1.165) is 12.8 Å². The lowest BCUT2D eigenvalue weighted by atomic mass is 10.1. The molecule has 1 aliphatic rings. The van der Waals surface area contributed by atoms with Crippen LogP contribution >= 0.6 is 0 Å². The third kappa shape index (κ3) is 1.85. The van der Waals surface area contributed by atoms with E-state index in [1.165, 1.54) is 5.56 Å². The van der Waals surface area contributed by atoms with E-state index in [1.54, 1.807) is 0 Å². The van der Waals surface area contributed by atoms with Crippen molar-refractivity contribution in [2.75, 3.05) is 0 Å². The molecule has 0 bridgehead atoms. The number of benzene rings is 1. The van der Waals surface area contributed by atoms with Crippen molar-refractivity contribution < 1.29 is 4.79 Å². The zero-order chi connectivity index (χ0) is 9.97. The SMILES string of the molecule is C#CC(=O)C1CC1Cc1ccccc1. The normalized spacial score (nSPS) is 23.9. The number of terminal acetylenes is 1. The summed E-state index contributed by atoms with van der Waals surface area (Å²) in [5.74, 6) is 2.81. The lowest BCUT2D eigenvalue weighted by Crippen LogP contribution is -1.99. The van der Waals surface area contributed by atoms with Crippen molar-refractivity contribution in [3.05, 3.63) is 35.9 Å². The maximum absolute atomic E-state index is 11.1. The number of rotatable bonds is 3. The van der Waals surface area contributed by atoms with Crippen molar-refractivity contribution in [2.24, 2.45) is 11.8 Å². The van der Waals surface area contributed by atoms with Gasteiger partial charge in [0.15, 0.2) is 0 Å². The molecule has 0 amide bonds. The maximum Gasteiger partial charge on any atom is 0.208 e. The molecule has 14 heavy (non-hydrogen) atoms. The van der Waals surface area contributed by atoms with Crippen molar-refractivity contribution >= 4 is 5.78 Å². The smallest absolute Gasteiger partial charge is 0.208 e. The van der Waals surface area contributed by atoms with Gasteiger partial charge in [-0.05, 0) is 30.2 Å². The Bertz CT molecular complexity index is 372. The second-order valence-corrected chi connectivity index (χ2v) is 3.80. The van der Waals surface area contributed by atoms with Crippen LogP contribution in [0, 0.1) is 24.2 Å². The van der Waals surface area contributed by atoms with Crippen LogP contribution in [-0.4, -0.2) is 5.78 Å². The molecule has 0 aromatic heterocycles. The average molecular weight is 184 g/mol. The first kappa shape index (κ1) is 9.02. The van der Waals surface area contributed by atoms with Gasteiger partial charge >= 0.3 is 0 Å². The molecule has 0 saturated heterocycles. The first-order valence-corrected chi connectivity index (χ1v) is 4.85. The zero-order valence-electron chi connectivity index (χ0n) is 7.94. The van der Waals surface area contributed by atoms with Gasteiger partial charge in [0.05, 0.1) is 0 Å². The Labute approximate surface area is 84.1 Å². The highest BCUT2D eigenvalue weighted by atomic mass is 16.1. The molecule has 0 aliphatic heterocycles. The number of carbonyl (C=O) groups excluding carboxylic acids is 1. The number of hydrogen-bond acceptors (Lipinski definition) is 1. The van der Waals surface area contributed by atoms with Gasteiger partial charge in [0.1, 0.15) is 0 Å². The van der Waals surface area contributed by atoms with E-state index < -0.39 is 0 Å². The highest BCUT2D eigenvalue weighted by molar-refractivity contribution is 5.98. The highest BCUT2D eigenvalue weighted by Crippen LogP contribution is 2.41. The molecular formula is C13H12O. The van der Waals surface area contributed by atoms with Crippen molar-refractivity contribution in [1.82, 2.24) is 0 Å². The van der Waals surface area contributed by atoms with E-state index >= 15 is 0 Å². The fourth-order valence-electron chi connectivity index (χ4n) is 1.82. The molecule has 0 heterocycles. The van der Waals surface area contributed by atoms with Crippen LogP contribution in [0.4, 0.5) is 0 Å². The minimum Gasteiger partial charge on any atom is -0.285 e. The summed E-state index contributed by atoms with van der Waals surface area (Å²) < 4.78 is 0. The molecule has 1 fully saturated rings. The predicted molar refractivity (Wildman–Crippen MR) is 55.6 cm³/mol. The molecule has 0 spiro atoms. The lowest BCUT2D eigenvalue weighted by molar-refractivity contribution is -0.115. The fourth-order valence-corrected chi connectivity index (χ4v) is 1.82. The average Bonchev–Trinajstić information content (AvgIpc) is 2.98. The first-order valence-electron chi connectivity index (χ1n) is 4.85. The number of ketones is 1. The predicted octanol–water partition coefficient (Wildman–Crippen LogP) is 2.07. The molecule has 1 nitrogen and oxygen atoms in total. The first-order chi connectivity index (χ1) is 6.81. The molecule has 2 unspecified atom stereocenters. The maximum atomic E-state index is 11.1. The highest BCUT2D eigenvalue weighted by Gasteiger charge is 2.41. The molecule has 70 valence electrons. The Balaban J connectivity index is 1.92. The molecule has 2 rings (SSSR count). The van der Waals surface area contributed by atoms with Gasteiger partial charge in [-0.15, -0.1) is 6.42 Å². The van der Waals surface area contributed by atoms with Crippen molar-refractivity contribution in [2.45, 2.75) is 12.8 Å². The van der Waals surface area contributed by atoms with Gasteiger partial charge in [0.25, 0.3) is 0 Å². The summed E-state index contributed by atoms with van der Waals surface area (Å²) in [5, 5.41) is 0. The van der Waals surface area contributed by atoms with Gasteiger partial charge in [-0.25, -0.2) is 0 Å². The Kier molecular flexibility index (Phi) is 2.37. The third-order valence-corrected chi connectivity index (χ3v) is 2.74. The largest absolute Gasteiger partial charge is 0.285 e. The van der Waals surface area contributed by atoms with Crippen LogP contribution in [0.2, 0.25) is 0 Å². The van der Waals surface area contributed by atoms with Crippen LogP contribution in [0.25, 0.3) is 0 Å². The summed E-state index contributed by atoms with van der Waals surface area (Å²) in [6, 6.07) is 10.2. The quantitative estimate of drug-likeness (QED) is 0.519. The molecular weight excluding hydrogens is 172 g/mol. The Morgan fingerprint density at radius 2 is 2.14 bits per heavy atom. The van der Waals surface area contributed by atoms with Gasteiger partial charge in [-0.2, -0.15) is 0 Å². The number of carbonyl (C=O) groups is 1. The Morgan fingerprint density at radius 1 is 1.43 bits per heavy atom. The van der Waals surface area contributed by atoms with Crippen LogP contribution in [0.5, 0.6) is 0 Å². The fraction of sp³-hybridized carbons (Fsp3) is 0.308. The van der Waals surface area contributed by atoms with Crippen molar-refractivity contribution in [1.29, 1.82) is 0 Å². The monoisotopic (exact) mass is 184 g/mol. The number of hydrogen-bond donors (Lipinski definition) is 0. The van der Waals surface area contributed by atoms with Crippen LogP contribution in [0.1, 0.15) is 12.0 Å². The summed E-state index contributed by atoms with van der Waals surface area (Å²) in [6.07, 6.45) is 7.02. The topological polar surface area (TPSA) is 17.1 Å². The molecule has 2 atom stereocenters. The van der Waals surface area contributed by atoms with Crippen molar-refractivity contribution in [3.63, 3.8) is 0 Å². The summed E-state index contributed by atoms with van der Waals surface area (Å²) in [4.78, 5) is 11.1. The molecule has 1 aromatic rings. The molecule has 1 aliphatic carbocycles. The van der Waals surface area contributed by atoms with E-state index in [2.05, 4.69) is 18.1 Å². The van der Waals surface area contributed by atoms with Crippen molar-refractivity contribution in [3.8, 4) is 12.3 Å². The van der Waals surface area contributed by atoms with Gasteiger partial charge < -0.3 is 0 Å². The molecule has 0 N–H and O–H groups in total. The van der Waals surface area contributed by atoms with Gasteiger partial charge in [-0.3, -0.25) is 4.79 Å². The second-order valence-electron chi connectivity index (χ2n) is 3.80. The van der Waals surface area contributed by atoms with Crippen LogP contribution in [-0.2, 0) is 11.2 Å². The number of Topliss-reactive ketones (excluding diaryl/α,β-unsaturated/α-hetero) is 1. The molecule has 0 radical (unpaired) electrons. The van der Waals surface area contributed by atoms with E-state index in [0.29, 0.717) is 5.92 Å². The van der Waals surface area contributed by atoms with E-state index in [4.69, 9.17) is 6.42 Å². The standard InChI is InChI=1S/C13H12O/c1-2-13(14)12-9-11(12)8-10-6-4-3-5-7-10/h1,3-7,11-12H,8-9H2. The van der Waals surface area contributed by atoms with E-state index in [9.17, 15) is 4.79 Å². The Morgan fingerprint density at radius 3 is 2.79 bits per heavy atom. The van der Waals surface area contributed by atoms with Crippen LogP contribution in [0.3, 0.4) is 0 Å². The summed E-state index contributed by atoms with van der Waals surface area (Å²) in [5.41, 5.74) is 1.30. The summed E-state index contributed by atoms with van der Waals surface area (Å²) in [7, 11) is 0. The second kappa shape index (κ2) is 3.67. The third-order valence-electron chi connectivity index (χ3n) is 2.74. The van der Waals surface area contributed by atoms with Gasteiger partial charge in [0.2, 0.25) is 5.78 Å². The molecule has 1 aromatic carbocycles. The van der Waals surface area contributed by atoms with E-state index in [-0.39, 0.29) is 11.7 Å². The molecule has 1 heteroatoms. The molecule has 1 saturated carbocycles. The van der Waals surface area contributed by atoms with Crippen LogP contribution < -0.4 is 0 Å². The summed E-state index contributed by atoms with van der Waals surface area (Å²) in [6.45, 7) is 0. The minimum absolute atomic E-state index is 0.0223.